The molecule has 2 amide bonds. The Morgan fingerprint density at radius 3 is 2.60 bits per heavy atom. The number of amides is 2. The monoisotopic (exact) mass is 724 g/mol. The van der Waals surface area contributed by atoms with E-state index >= 15 is 0 Å². The molecule has 276 valence electrons. The molecular weight excluding hydrogens is 684 g/mol. The summed E-state index contributed by atoms with van der Waals surface area (Å²) in [5.74, 6) is -1.20. The minimum atomic E-state index is -1.93. The molecule has 2 aliphatic heterocycles. The van der Waals surface area contributed by atoms with Crippen molar-refractivity contribution in [2.24, 2.45) is 5.16 Å². The van der Waals surface area contributed by atoms with Gasteiger partial charge in [-0.15, -0.1) is 0 Å². The van der Waals surface area contributed by atoms with Gasteiger partial charge in [-0.3, -0.25) is 14.8 Å². The lowest BCUT2D eigenvalue weighted by molar-refractivity contribution is -0.172. The molecule has 0 saturated carbocycles. The van der Waals surface area contributed by atoms with Crippen LogP contribution in [0.3, 0.4) is 0 Å². The van der Waals surface area contributed by atoms with Gasteiger partial charge in [0.05, 0.1) is 35.2 Å². The number of carbonyl (C=O) groups is 3. The van der Waals surface area contributed by atoms with Crippen molar-refractivity contribution in [2.45, 2.75) is 65.0 Å². The maximum absolute atomic E-state index is 13.6. The Hall–Kier alpha value is -5.90. The Morgan fingerprint density at radius 2 is 1.89 bits per heavy atom. The van der Waals surface area contributed by atoms with Gasteiger partial charge in [-0.1, -0.05) is 36.3 Å². The molecule has 2 aromatic heterocycles. The average Bonchev–Trinajstić information content (AvgIpc) is 3.49. The van der Waals surface area contributed by atoms with Gasteiger partial charge in [-0.25, -0.2) is 20.1 Å². The Balaban J connectivity index is 1.19. The highest BCUT2D eigenvalue weighted by atomic mass is 16.6. The van der Waals surface area contributed by atoms with Crippen LogP contribution in [-0.4, -0.2) is 62.7 Å². The van der Waals surface area contributed by atoms with Crippen molar-refractivity contribution >= 4 is 41.2 Å². The van der Waals surface area contributed by atoms with Crippen LogP contribution in [0.25, 0.3) is 28.4 Å². The van der Waals surface area contributed by atoms with E-state index in [0.717, 1.165) is 11.1 Å². The molecule has 0 unspecified atom stereocenters. The number of hydroxylamine groups is 1. The number of rotatable bonds is 11. The van der Waals surface area contributed by atoms with Crippen LogP contribution in [0.5, 0.6) is 5.75 Å². The first-order valence-corrected chi connectivity index (χ1v) is 17.0. The summed E-state index contributed by atoms with van der Waals surface area (Å²) in [6.45, 7) is 8.43. The molecule has 1 atom stereocenters. The number of pyridine rings is 2. The zero-order valence-electron chi connectivity index (χ0n) is 29.7. The van der Waals surface area contributed by atoms with Gasteiger partial charge >= 0.3 is 12.1 Å². The van der Waals surface area contributed by atoms with E-state index < -0.39 is 29.2 Å². The first-order chi connectivity index (χ1) is 25.3. The molecule has 4 heterocycles. The third-order valence-electron chi connectivity index (χ3n) is 8.82. The van der Waals surface area contributed by atoms with Gasteiger partial charge in [-0.05, 0) is 68.7 Å². The van der Waals surface area contributed by atoms with E-state index in [9.17, 15) is 24.3 Å². The number of hydrogen-bond acceptors (Lipinski definition) is 12. The van der Waals surface area contributed by atoms with Crippen LogP contribution >= 0.6 is 0 Å². The number of oxime groups is 1. The lowest BCUT2D eigenvalue weighted by atomic mass is 9.86. The zero-order chi connectivity index (χ0) is 37.9. The summed E-state index contributed by atoms with van der Waals surface area (Å²) in [4.78, 5) is 60.8. The van der Waals surface area contributed by atoms with Crippen LogP contribution in [0.4, 0.5) is 4.79 Å². The number of nitrogens with zero attached hydrogens (tertiary/aromatic N) is 3. The van der Waals surface area contributed by atoms with Gasteiger partial charge in [0.25, 0.3) is 11.5 Å². The summed E-state index contributed by atoms with van der Waals surface area (Å²) in [5, 5.41) is 30.5. The number of ether oxygens (including phenoxy) is 2. The molecule has 5 N–H and O–H groups in total. The Labute approximate surface area is 304 Å². The van der Waals surface area contributed by atoms with Crippen molar-refractivity contribution in [3.05, 3.63) is 98.3 Å². The van der Waals surface area contributed by atoms with E-state index in [1.807, 2.05) is 51.1 Å². The van der Waals surface area contributed by atoms with Gasteiger partial charge in [0.2, 0.25) is 0 Å². The number of carbonyl (C=O) groups excluding carboxylic acids is 3. The molecular formula is C38H40N6O9. The number of aliphatic hydroxyl groups is 1. The summed E-state index contributed by atoms with van der Waals surface area (Å²) >= 11 is 0. The molecule has 0 radical (unpaired) electrons. The van der Waals surface area contributed by atoms with Crippen LogP contribution in [0.2, 0.25) is 0 Å². The molecule has 6 rings (SSSR count). The lowest BCUT2D eigenvalue weighted by Crippen LogP contribution is -2.44. The number of benzene rings is 2. The normalized spacial score (nSPS) is 16.3. The first-order valence-electron chi connectivity index (χ1n) is 17.0. The van der Waals surface area contributed by atoms with Crippen molar-refractivity contribution in [3.63, 3.8) is 0 Å². The number of hydrogen-bond donors (Lipinski definition) is 5. The molecule has 0 bridgehead atoms. The molecule has 0 saturated heterocycles. The smallest absolute Gasteiger partial charge is 0.412 e. The second kappa shape index (κ2) is 15.0. The molecule has 2 aromatic carbocycles. The van der Waals surface area contributed by atoms with Crippen molar-refractivity contribution in [1.29, 1.82) is 0 Å². The van der Waals surface area contributed by atoms with Gasteiger partial charge in [-0.2, -0.15) is 0 Å². The van der Waals surface area contributed by atoms with E-state index in [1.54, 1.807) is 41.2 Å². The van der Waals surface area contributed by atoms with Crippen LogP contribution in [0.15, 0.2) is 64.6 Å². The highest BCUT2D eigenvalue weighted by molar-refractivity contribution is 6.03. The van der Waals surface area contributed by atoms with Gasteiger partial charge in [0, 0.05) is 47.8 Å². The third kappa shape index (κ3) is 7.82. The standard InChI is InChI=1S/C38H40N6O9/c1-5-38(49)28-17-30-33-24(20-44(30)34(46)27(28)21-51-35(38)47)16-25-26(19-41-53-37(2,3)4)31(12-11-29(25)42-33)52-36(48)40-15-14-39-18-23-8-6-22(7-9-23)10-13-32(45)43-50/h6-13,16-17,19,39,49-50H,5,14-15,18,20-21H2,1-4H3,(H,40,48)(H,43,45)/b13-10+,41-19-/t38-/m0/s1. The molecule has 15 nitrogen and oxygen atoms in total. The molecule has 2 aliphatic rings. The van der Waals surface area contributed by atoms with Gasteiger partial charge in [0.1, 0.15) is 18.0 Å². The maximum atomic E-state index is 13.6. The fraction of sp³-hybridized carbons (Fsp3) is 0.316. The Bertz CT molecular complexity index is 2210. The molecule has 15 heteroatoms. The molecule has 0 fully saturated rings. The Kier molecular flexibility index (Phi) is 10.4. The van der Waals surface area contributed by atoms with Crippen molar-refractivity contribution in [2.75, 3.05) is 13.1 Å². The quantitative estimate of drug-likeness (QED) is 0.0333. The minimum Gasteiger partial charge on any atom is -0.458 e. The molecule has 0 spiro atoms. The average molecular weight is 725 g/mol. The van der Waals surface area contributed by atoms with Crippen LogP contribution < -0.4 is 26.4 Å². The number of esters is 1. The van der Waals surface area contributed by atoms with E-state index in [2.05, 4.69) is 15.8 Å². The molecule has 0 aliphatic carbocycles. The number of nitrogens with one attached hydrogen (secondary N) is 3. The van der Waals surface area contributed by atoms with Crippen LogP contribution in [0.1, 0.15) is 67.5 Å². The van der Waals surface area contributed by atoms with Crippen LogP contribution in [0, 0.1) is 0 Å². The fourth-order valence-electron chi connectivity index (χ4n) is 6.09. The second-order valence-electron chi connectivity index (χ2n) is 13.6. The van der Waals surface area contributed by atoms with E-state index in [-0.39, 0.29) is 48.6 Å². The Morgan fingerprint density at radius 1 is 1.11 bits per heavy atom. The largest absolute Gasteiger partial charge is 0.458 e. The van der Waals surface area contributed by atoms with E-state index in [4.69, 9.17) is 24.5 Å². The highest BCUT2D eigenvalue weighted by Crippen LogP contribution is 2.39. The zero-order valence-corrected chi connectivity index (χ0v) is 29.7. The summed E-state index contributed by atoms with van der Waals surface area (Å²) < 4.78 is 12.5. The van der Waals surface area contributed by atoms with Crippen LogP contribution in [-0.2, 0) is 44.5 Å². The summed E-state index contributed by atoms with van der Waals surface area (Å²) in [7, 11) is 0. The lowest BCUT2D eigenvalue weighted by Gasteiger charge is -2.31. The fourth-order valence-corrected chi connectivity index (χ4v) is 6.09. The summed E-state index contributed by atoms with van der Waals surface area (Å²) in [6, 6.07) is 14.3. The summed E-state index contributed by atoms with van der Waals surface area (Å²) in [5.41, 5.74) is 3.59. The first kappa shape index (κ1) is 36.9. The number of fused-ring (bicyclic) bond motifs is 5. The van der Waals surface area contributed by atoms with E-state index in [0.29, 0.717) is 46.5 Å². The van der Waals surface area contributed by atoms with E-state index in [1.165, 1.54) is 12.3 Å². The third-order valence-corrected chi connectivity index (χ3v) is 8.82. The maximum Gasteiger partial charge on any atom is 0.412 e. The molecule has 53 heavy (non-hydrogen) atoms. The number of cyclic esters (lactones) is 1. The SMILES string of the molecule is CC[C@@]1(O)C(=O)OCc2c1cc1n(c2=O)Cc2cc3c(/C=N\OC(C)(C)C)c(OC(=O)NCCNCc4ccc(/C=C/C(=O)NO)cc4)ccc3nc2-1. The highest BCUT2D eigenvalue weighted by Gasteiger charge is 2.45. The number of aromatic nitrogens is 2. The van der Waals surface area contributed by atoms with Crippen molar-refractivity contribution in [1.82, 2.24) is 25.7 Å². The van der Waals surface area contributed by atoms with Crippen molar-refractivity contribution in [3.8, 4) is 17.1 Å². The second-order valence-corrected chi connectivity index (χ2v) is 13.6. The van der Waals surface area contributed by atoms with Gasteiger partial charge < -0.3 is 34.6 Å². The predicted molar refractivity (Wildman–Crippen MR) is 194 cm³/mol. The summed E-state index contributed by atoms with van der Waals surface area (Å²) in [6.07, 6.45) is 3.62. The molecule has 4 aromatic rings. The minimum absolute atomic E-state index is 0.0380. The predicted octanol–water partition coefficient (Wildman–Crippen LogP) is 3.63. The van der Waals surface area contributed by atoms with Crippen molar-refractivity contribution < 1.29 is 39.0 Å². The topological polar surface area (TPSA) is 203 Å². The van der Waals surface area contributed by atoms with Gasteiger partial charge in [0.15, 0.2) is 5.60 Å².